The highest BCUT2D eigenvalue weighted by atomic mass is 32.2. The molecule has 2 unspecified atom stereocenters. The average molecular weight is 174 g/mol. The highest BCUT2D eigenvalue weighted by molar-refractivity contribution is 8.01. The van der Waals surface area contributed by atoms with Gasteiger partial charge >= 0.3 is 0 Å². The summed E-state index contributed by atoms with van der Waals surface area (Å²) in [6.45, 7) is 4.76. The van der Waals surface area contributed by atoms with Gasteiger partial charge in [-0.05, 0) is 6.42 Å². The molecule has 0 saturated carbocycles. The molecule has 1 aliphatic heterocycles. The van der Waals surface area contributed by atoms with E-state index in [1.165, 1.54) is 0 Å². The first-order valence-corrected chi connectivity index (χ1v) is 4.98. The highest BCUT2D eigenvalue weighted by Gasteiger charge is 2.24. The zero-order valence-electron chi connectivity index (χ0n) is 7.00. The molecule has 1 saturated heterocycles. The van der Waals surface area contributed by atoms with E-state index in [4.69, 9.17) is 4.74 Å². The van der Waals surface area contributed by atoms with Gasteiger partial charge in [0.15, 0.2) is 11.2 Å². The molecule has 3 heteroatoms. The van der Waals surface area contributed by atoms with E-state index in [0.717, 1.165) is 13.0 Å². The Kier molecular flexibility index (Phi) is 3.40. The number of rotatable bonds is 2. The maximum Gasteiger partial charge on any atom is 0.171 e. The van der Waals surface area contributed by atoms with Crippen LogP contribution in [0, 0.1) is 0 Å². The Morgan fingerprint density at radius 3 is 3.00 bits per heavy atom. The molecular formula is C8H14O2S. The molecular weight excluding hydrogens is 160 g/mol. The molecule has 0 aromatic heterocycles. The zero-order valence-corrected chi connectivity index (χ0v) is 7.82. The number of thioether (sulfide) groups is 1. The van der Waals surface area contributed by atoms with Gasteiger partial charge in [0.05, 0.1) is 0 Å². The number of Topliss-reactive ketones (excluding diaryl/α,β-unsaturated/α-hetero) is 1. The Labute approximate surface area is 71.7 Å². The van der Waals surface area contributed by atoms with Gasteiger partial charge in [-0.3, -0.25) is 4.79 Å². The second kappa shape index (κ2) is 4.12. The van der Waals surface area contributed by atoms with Crippen LogP contribution in [0.15, 0.2) is 0 Å². The monoisotopic (exact) mass is 174 g/mol. The second-order valence-electron chi connectivity index (χ2n) is 2.76. The lowest BCUT2D eigenvalue weighted by Crippen LogP contribution is -2.28. The normalized spacial score (nSPS) is 31.8. The third kappa shape index (κ3) is 2.49. The quantitative estimate of drug-likeness (QED) is 0.639. The summed E-state index contributed by atoms with van der Waals surface area (Å²) in [7, 11) is 0. The van der Waals surface area contributed by atoms with Crippen LogP contribution in [0.5, 0.6) is 0 Å². The maximum absolute atomic E-state index is 11.2. The van der Waals surface area contributed by atoms with Crippen molar-refractivity contribution in [3.8, 4) is 0 Å². The van der Waals surface area contributed by atoms with Gasteiger partial charge in [-0.1, -0.05) is 13.8 Å². The molecule has 1 fully saturated rings. The maximum atomic E-state index is 11.2. The van der Waals surface area contributed by atoms with Crippen molar-refractivity contribution in [1.29, 1.82) is 0 Å². The fourth-order valence-corrected chi connectivity index (χ4v) is 2.14. The number of carbonyl (C=O) groups is 1. The van der Waals surface area contributed by atoms with Crippen LogP contribution in [0.3, 0.4) is 0 Å². The van der Waals surface area contributed by atoms with Crippen molar-refractivity contribution in [3.05, 3.63) is 0 Å². The minimum Gasteiger partial charge on any atom is -0.360 e. The van der Waals surface area contributed by atoms with Gasteiger partial charge in [0.1, 0.15) is 0 Å². The van der Waals surface area contributed by atoms with Crippen LogP contribution in [0.1, 0.15) is 26.7 Å². The topological polar surface area (TPSA) is 26.3 Å². The number of hydrogen-bond donors (Lipinski definition) is 0. The summed E-state index contributed by atoms with van der Waals surface area (Å²) in [4.78, 5) is 11.2. The van der Waals surface area contributed by atoms with Crippen molar-refractivity contribution in [2.24, 2.45) is 0 Å². The van der Waals surface area contributed by atoms with E-state index in [-0.39, 0.29) is 11.2 Å². The largest absolute Gasteiger partial charge is 0.360 e. The van der Waals surface area contributed by atoms with Gasteiger partial charge in [-0.25, -0.2) is 0 Å². The van der Waals surface area contributed by atoms with Crippen molar-refractivity contribution in [2.75, 3.05) is 6.61 Å². The lowest BCUT2D eigenvalue weighted by molar-refractivity contribution is -0.125. The number of carbonyl (C=O) groups excluding carboxylic acids is 1. The summed E-state index contributed by atoms with van der Waals surface area (Å²) in [5.41, 5.74) is -0.177. The molecule has 0 N–H and O–H groups in total. The molecule has 0 amide bonds. The fraction of sp³-hybridized carbons (Fsp3) is 0.875. The zero-order chi connectivity index (χ0) is 8.27. The lowest BCUT2D eigenvalue weighted by atomic mass is 10.3. The van der Waals surface area contributed by atoms with Gasteiger partial charge in [0.2, 0.25) is 0 Å². The summed E-state index contributed by atoms with van der Waals surface area (Å²) >= 11 is 1.65. The molecule has 1 heterocycles. The van der Waals surface area contributed by atoms with Crippen molar-refractivity contribution in [2.45, 2.75) is 37.4 Å². The van der Waals surface area contributed by atoms with Gasteiger partial charge in [0, 0.05) is 18.3 Å². The minimum atomic E-state index is -0.177. The van der Waals surface area contributed by atoms with Gasteiger partial charge in [-0.2, -0.15) is 0 Å². The first kappa shape index (κ1) is 9.07. The number of hydrogen-bond acceptors (Lipinski definition) is 3. The lowest BCUT2D eigenvalue weighted by Gasteiger charge is -2.25. The Morgan fingerprint density at radius 1 is 1.73 bits per heavy atom. The van der Waals surface area contributed by atoms with Crippen molar-refractivity contribution < 1.29 is 9.53 Å². The third-order valence-corrected chi connectivity index (χ3v) is 3.11. The molecule has 0 bridgehead atoms. The van der Waals surface area contributed by atoms with E-state index in [1.54, 1.807) is 11.8 Å². The van der Waals surface area contributed by atoms with Gasteiger partial charge in [-0.15, -0.1) is 11.8 Å². The molecule has 0 aliphatic carbocycles. The molecule has 2 nitrogen and oxygen atoms in total. The predicted molar refractivity (Wildman–Crippen MR) is 46.7 cm³/mol. The first-order chi connectivity index (χ1) is 5.24. The Morgan fingerprint density at radius 2 is 2.45 bits per heavy atom. The standard InChI is InChI=1S/C8H14O2S/c1-3-7(9)8-10-5-4-6(2)11-8/h6,8H,3-5H2,1-2H3. The molecule has 0 aromatic carbocycles. The Bertz CT molecular complexity index is 147. The smallest absolute Gasteiger partial charge is 0.171 e. The summed E-state index contributed by atoms with van der Waals surface area (Å²) in [5, 5.41) is 0.573. The summed E-state index contributed by atoms with van der Waals surface area (Å²) < 4.78 is 5.31. The SMILES string of the molecule is CCC(=O)C1OCCC(C)S1. The van der Waals surface area contributed by atoms with Crippen LogP contribution in [-0.4, -0.2) is 23.1 Å². The van der Waals surface area contributed by atoms with Crippen LogP contribution in [0.25, 0.3) is 0 Å². The molecule has 2 atom stereocenters. The van der Waals surface area contributed by atoms with E-state index in [9.17, 15) is 4.79 Å². The van der Waals surface area contributed by atoms with Crippen LogP contribution in [0.2, 0.25) is 0 Å². The van der Waals surface area contributed by atoms with E-state index >= 15 is 0 Å². The van der Waals surface area contributed by atoms with Crippen LogP contribution < -0.4 is 0 Å². The average Bonchev–Trinajstić information content (AvgIpc) is 2.03. The van der Waals surface area contributed by atoms with E-state index < -0.39 is 0 Å². The summed E-state index contributed by atoms with van der Waals surface area (Å²) in [6.07, 6.45) is 1.66. The van der Waals surface area contributed by atoms with Crippen molar-refractivity contribution in [1.82, 2.24) is 0 Å². The Balaban J connectivity index is 2.39. The van der Waals surface area contributed by atoms with E-state index in [1.807, 2.05) is 6.92 Å². The molecule has 1 aliphatic rings. The van der Waals surface area contributed by atoms with E-state index in [0.29, 0.717) is 11.7 Å². The molecule has 64 valence electrons. The first-order valence-electron chi connectivity index (χ1n) is 4.03. The van der Waals surface area contributed by atoms with Crippen molar-refractivity contribution in [3.63, 3.8) is 0 Å². The molecule has 11 heavy (non-hydrogen) atoms. The predicted octanol–water partition coefficient (Wildman–Crippen LogP) is 1.83. The number of ketones is 1. The van der Waals surface area contributed by atoms with Crippen LogP contribution in [0.4, 0.5) is 0 Å². The van der Waals surface area contributed by atoms with Gasteiger partial charge in [0.25, 0.3) is 0 Å². The molecule has 0 spiro atoms. The molecule has 0 aromatic rings. The molecule has 0 radical (unpaired) electrons. The van der Waals surface area contributed by atoms with E-state index in [2.05, 4.69) is 6.92 Å². The van der Waals surface area contributed by atoms with Crippen LogP contribution in [-0.2, 0) is 9.53 Å². The fourth-order valence-electron chi connectivity index (χ4n) is 0.995. The van der Waals surface area contributed by atoms with Gasteiger partial charge < -0.3 is 4.74 Å². The van der Waals surface area contributed by atoms with Crippen molar-refractivity contribution >= 4 is 17.5 Å². The minimum absolute atomic E-state index is 0.177. The Hall–Kier alpha value is -0.0200. The summed E-state index contributed by atoms with van der Waals surface area (Å²) in [5.74, 6) is 0.224. The molecule has 1 rings (SSSR count). The number of ether oxygens (including phenoxy) is 1. The third-order valence-electron chi connectivity index (χ3n) is 1.76. The summed E-state index contributed by atoms with van der Waals surface area (Å²) in [6, 6.07) is 0. The van der Waals surface area contributed by atoms with Crippen LogP contribution >= 0.6 is 11.8 Å². The second-order valence-corrected chi connectivity index (χ2v) is 4.26. The highest BCUT2D eigenvalue weighted by Crippen LogP contribution is 2.27.